The number of hydrogen-bond acceptors (Lipinski definition) is 0. The van der Waals surface area contributed by atoms with E-state index in [4.69, 9.17) is 0 Å². The van der Waals surface area contributed by atoms with E-state index in [0.717, 1.165) is 3.63 Å². The van der Waals surface area contributed by atoms with Crippen LogP contribution in [0.3, 0.4) is 0 Å². The van der Waals surface area contributed by atoms with Crippen LogP contribution in [0.15, 0.2) is 50.8 Å². The predicted molar refractivity (Wildman–Crippen MR) is 69.3 cm³/mol. The van der Waals surface area contributed by atoms with E-state index in [1.54, 1.807) is 20.0 Å². The standard InChI is InChI=1S/C9H7.C7H9.2ClH.Zr/c1-2-5-9-7-3-6-8(9)4-1;1-6-3-4-7(2)5-6;;;/h1-7H;3H,4H2,1-2H3;2*1H;/q;;;;+2/p-2. The first-order valence-corrected chi connectivity index (χ1v) is 8.81. The van der Waals surface area contributed by atoms with E-state index in [0.29, 0.717) is 0 Å². The van der Waals surface area contributed by atoms with Crippen molar-refractivity contribution < 1.29 is 48.0 Å². The summed E-state index contributed by atoms with van der Waals surface area (Å²) in [5, 5.41) is 0. The van der Waals surface area contributed by atoms with Crippen LogP contribution in [0, 0.1) is 0 Å². The Morgan fingerprint density at radius 1 is 1.11 bits per heavy atom. The van der Waals surface area contributed by atoms with E-state index in [1.807, 2.05) is 0 Å². The summed E-state index contributed by atoms with van der Waals surface area (Å²) in [5.74, 6) is 0. The molecular formula is C16H16Cl2Zr. The zero-order valence-corrected chi connectivity index (χ0v) is 15.1. The molecule has 1 atom stereocenters. The van der Waals surface area contributed by atoms with Crippen LogP contribution in [0.1, 0.15) is 35.0 Å². The van der Waals surface area contributed by atoms with E-state index in [1.165, 1.54) is 12.0 Å². The minimum Gasteiger partial charge on any atom is -1.00 e. The molecule has 0 aromatic heterocycles. The summed E-state index contributed by atoms with van der Waals surface area (Å²) in [4.78, 5) is 0. The fourth-order valence-corrected chi connectivity index (χ4v) is 6.55. The number of halogens is 2. The summed E-state index contributed by atoms with van der Waals surface area (Å²) in [6, 6.07) is 8.87. The van der Waals surface area contributed by atoms with Gasteiger partial charge in [0.15, 0.2) is 0 Å². The van der Waals surface area contributed by atoms with Gasteiger partial charge in [-0.15, -0.1) is 0 Å². The predicted octanol–water partition coefficient (Wildman–Crippen LogP) is -1.53. The largest absolute Gasteiger partial charge is 1.00 e. The van der Waals surface area contributed by atoms with E-state index in [2.05, 4.69) is 56.3 Å². The van der Waals surface area contributed by atoms with Crippen LogP contribution in [0.5, 0.6) is 0 Å². The SMILES string of the molecule is CC1=CCC(C)=[C]1[Zr+2][CH]1C=Cc2ccccc21.[Cl-].[Cl-]. The van der Waals surface area contributed by atoms with Crippen molar-refractivity contribution in [3.05, 3.63) is 62.0 Å². The van der Waals surface area contributed by atoms with Crippen molar-refractivity contribution in [2.75, 3.05) is 0 Å². The average molecular weight is 370 g/mol. The minimum absolute atomic E-state index is 0. The summed E-state index contributed by atoms with van der Waals surface area (Å²) in [5.41, 5.74) is 6.20. The summed E-state index contributed by atoms with van der Waals surface area (Å²) < 4.78 is 2.50. The molecule has 19 heavy (non-hydrogen) atoms. The Hall–Kier alpha value is -0.0969. The van der Waals surface area contributed by atoms with Gasteiger partial charge in [0.05, 0.1) is 0 Å². The Labute approximate surface area is 139 Å². The molecule has 1 aromatic carbocycles. The molecule has 0 heterocycles. The van der Waals surface area contributed by atoms with Crippen LogP contribution in [0.4, 0.5) is 0 Å². The first-order valence-electron chi connectivity index (χ1n) is 6.16. The van der Waals surface area contributed by atoms with Gasteiger partial charge in [-0.1, -0.05) is 0 Å². The fourth-order valence-electron chi connectivity index (χ4n) is 2.61. The van der Waals surface area contributed by atoms with E-state index >= 15 is 0 Å². The van der Waals surface area contributed by atoms with Crippen LogP contribution >= 0.6 is 0 Å². The maximum Gasteiger partial charge on any atom is -1.00 e. The van der Waals surface area contributed by atoms with E-state index in [-0.39, 0.29) is 24.8 Å². The van der Waals surface area contributed by atoms with Crippen molar-refractivity contribution in [3.63, 3.8) is 0 Å². The van der Waals surface area contributed by atoms with Gasteiger partial charge in [-0.2, -0.15) is 0 Å². The van der Waals surface area contributed by atoms with Gasteiger partial charge in [-0.05, 0) is 0 Å². The molecule has 0 bridgehead atoms. The smallest absolute Gasteiger partial charge is 1.00 e. The second kappa shape index (κ2) is 7.07. The average Bonchev–Trinajstić information content (AvgIpc) is 2.88. The number of fused-ring (bicyclic) bond motifs is 1. The van der Waals surface area contributed by atoms with E-state index in [9.17, 15) is 0 Å². The molecule has 3 rings (SSSR count). The van der Waals surface area contributed by atoms with Gasteiger partial charge in [0, 0.05) is 0 Å². The van der Waals surface area contributed by atoms with Gasteiger partial charge in [-0.25, -0.2) is 0 Å². The van der Waals surface area contributed by atoms with E-state index < -0.39 is 23.2 Å². The summed E-state index contributed by atoms with van der Waals surface area (Å²) in [6.45, 7) is 4.60. The summed E-state index contributed by atoms with van der Waals surface area (Å²) in [6.07, 6.45) is 8.34. The molecule has 0 spiro atoms. The normalized spacial score (nSPS) is 19.3. The number of rotatable bonds is 2. The number of benzene rings is 1. The molecule has 0 nitrogen and oxygen atoms in total. The molecule has 0 N–H and O–H groups in total. The first kappa shape index (κ1) is 17.0. The van der Waals surface area contributed by atoms with Crippen molar-refractivity contribution in [2.24, 2.45) is 0 Å². The van der Waals surface area contributed by atoms with Gasteiger partial charge in [0.1, 0.15) is 0 Å². The summed E-state index contributed by atoms with van der Waals surface area (Å²) >= 11 is -0.525. The van der Waals surface area contributed by atoms with Gasteiger partial charge in [-0.3, -0.25) is 0 Å². The van der Waals surface area contributed by atoms with Crippen LogP contribution in [0.2, 0.25) is 0 Å². The zero-order chi connectivity index (χ0) is 11.8. The molecule has 0 saturated heterocycles. The van der Waals surface area contributed by atoms with Crippen molar-refractivity contribution in [1.29, 1.82) is 0 Å². The molecular weight excluding hydrogens is 354 g/mol. The number of hydrogen-bond donors (Lipinski definition) is 0. The fraction of sp³-hybridized carbons (Fsp3) is 0.250. The molecule has 2 aliphatic carbocycles. The molecule has 0 fully saturated rings. The Kier molecular flexibility index (Phi) is 6.31. The van der Waals surface area contributed by atoms with Crippen molar-refractivity contribution in [3.8, 4) is 0 Å². The second-order valence-electron chi connectivity index (χ2n) is 4.86. The zero-order valence-electron chi connectivity index (χ0n) is 11.1. The van der Waals surface area contributed by atoms with Crippen molar-refractivity contribution >= 4 is 6.08 Å². The minimum atomic E-state index is -0.525. The molecule has 1 unspecified atom stereocenters. The van der Waals surface area contributed by atoms with Crippen LogP contribution in [-0.2, 0) is 23.2 Å². The molecule has 0 radical (unpaired) electrons. The Bertz CT molecular complexity index is 556. The van der Waals surface area contributed by atoms with Crippen LogP contribution in [-0.4, -0.2) is 0 Å². The van der Waals surface area contributed by atoms with Gasteiger partial charge >= 0.3 is 115 Å². The van der Waals surface area contributed by atoms with Crippen LogP contribution < -0.4 is 24.8 Å². The molecule has 3 heteroatoms. The van der Waals surface area contributed by atoms with Crippen LogP contribution in [0.25, 0.3) is 6.08 Å². The Morgan fingerprint density at radius 3 is 2.53 bits per heavy atom. The molecule has 2 aliphatic rings. The third-order valence-corrected chi connectivity index (χ3v) is 8.36. The molecule has 0 amide bonds. The van der Waals surface area contributed by atoms with Crippen molar-refractivity contribution in [1.82, 2.24) is 0 Å². The third-order valence-electron chi connectivity index (χ3n) is 3.63. The maximum atomic E-state index is 2.43. The monoisotopic (exact) mass is 368 g/mol. The first-order chi connectivity index (χ1) is 8.25. The van der Waals surface area contributed by atoms with Gasteiger partial charge < -0.3 is 24.8 Å². The number of allylic oxidation sites excluding steroid dienone is 5. The van der Waals surface area contributed by atoms with Gasteiger partial charge in [0.25, 0.3) is 0 Å². The molecule has 0 aliphatic heterocycles. The summed E-state index contributed by atoms with van der Waals surface area (Å²) in [7, 11) is 0. The maximum absolute atomic E-state index is 2.43. The molecule has 98 valence electrons. The quantitative estimate of drug-likeness (QED) is 0.593. The molecule has 0 saturated carbocycles. The topological polar surface area (TPSA) is 0 Å². The Balaban J connectivity index is 0.000000902. The molecule has 1 aromatic rings. The second-order valence-corrected chi connectivity index (χ2v) is 8.32. The van der Waals surface area contributed by atoms with Gasteiger partial charge in [0.2, 0.25) is 0 Å². The van der Waals surface area contributed by atoms with Crippen molar-refractivity contribution in [2.45, 2.75) is 23.9 Å². The Morgan fingerprint density at radius 2 is 1.84 bits per heavy atom. The third kappa shape index (κ3) is 3.32.